The Bertz CT molecular complexity index is 970. The highest BCUT2D eigenvalue weighted by atomic mass is 16.5. The van der Waals surface area contributed by atoms with Crippen molar-refractivity contribution in [2.45, 2.75) is 13.3 Å². The van der Waals surface area contributed by atoms with Crippen molar-refractivity contribution >= 4 is 5.91 Å². The normalized spacial score (nSPS) is 10.4. The zero-order valence-electron chi connectivity index (χ0n) is 17.2. The molecular formula is C22H24N4O4. The average molecular weight is 408 g/mol. The van der Waals surface area contributed by atoms with Crippen molar-refractivity contribution in [3.8, 4) is 28.6 Å². The lowest BCUT2D eigenvalue weighted by molar-refractivity contribution is 0.0949. The minimum atomic E-state index is -0.293. The molecule has 30 heavy (non-hydrogen) atoms. The minimum absolute atomic E-state index is 0.240. The number of benzene rings is 1. The van der Waals surface area contributed by atoms with Gasteiger partial charge in [0.2, 0.25) is 5.88 Å². The van der Waals surface area contributed by atoms with Crippen LogP contribution < -0.4 is 19.5 Å². The number of carbonyl (C=O) groups excluding carboxylic acids is 1. The summed E-state index contributed by atoms with van der Waals surface area (Å²) in [7, 11) is 3.21. The molecule has 0 saturated carbocycles. The molecule has 0 spiro atoms. The van der Waals surface area contributed by atoms with Crippen molar-refractivity contribution in [3.05, 3.63) is 60.2 Å². The van der Waals surface area contributed by atoms with E-state index in [4.69, 9.17) is 14.2 Å². The van der Waals surface area contributed by atoms with Crippen LogP contribution in [0, 0.1) is 0 Å². The molecule has 8 nitrogen and oxygen atoms in total. The Morgan fingerprint density at radius 2 is 1.80 bits per heavy atom. The summed E-state index contributed by atoms with van der Waals surface area (Å²) in [6.45, 7) is 2.88. The molecule has 0 unspecified atom stereocenters. The molecule has 1 N–H and O–H groups in total. The molecule has 1 aromatic carbocycles. The van der Waals surface area contributed by atoms with Crippen LogP contribution in [0.25, 0.3) is 11.3 Å². The van der Waals surface area contributed by atoms with Gasteiger partial charge in [-0.2, -0.15) is 0 Å². The molecule has 3 aromatic rings. The van der Waals surface area contributed by atoms with E-state index in [0.29, 0.717) is 42.6 Å². The first kappa shape index (κ1) is 21.0. The summed E-state index contributed by atoms with van der Waals surface area (Å²) in [6.07, 6.45) is 5.30. The Labute approximate surface area is 175 Å². The summed E-state index contributed by atoms with van der Waals surface area (Å²) in [5.74, 6) is 1.66. The van der Waals surface area contributed by atoms with Crippen molar-refractivity contribution in [3.63, 3.8) is 0 Å². The maximum atomic E-state index is 12.5. The Kier molecular flexibility index (Phi) is 7.15. The van der Waals surface area contributed by atoms with E-state index >= 15 is 0 Å². The summed E-state index contributed by atoms with van der Waals surface area (Å²) in [4.78, 5) is 25.3. The first-order valence-electron chi connectivity index (χ1n) is 9.54. The van der Waals surface area contributed by atoms with Crippen molar-refractivity contribution in [2.75, 3.05) is 27.4 Å². The molecular weight excluding hydrogens is 384 g/mol. The van der Waals surface area contributed by atoms with Crippen LogP contribution in [0.15, 0.2) is 48.9 Å². The molecule has 2 heterocycles. The second-order valence-electron chi connectivity index (χ2n) is 6.33. The highest BCUT2D eigenvalue weighted by molar-refractivity contribution is 5.92. The maximum Gasteiger partial charge on any atom is 0.271 e. The van der Waals surface area contributed by atoms with Crippen molar-refractivity contribution in [2.24, 2.45) is 0 Å². The molecule has 0 aliphatic carbocycles. The van der Waals surface area contributed by atoms with E-state index in [1.165, 1.54) is 6.20 Å². The minimum Gasteiger partial charge on any atom is -0.497 e. The van der Waals surface area contributed by atoms with Gasteiger partial charge in [-0.15, -0.1) is 0 Å². The zero-order valence-corrected chi connectivity index (χ0v) is 17.2. The van der Waals surface area contributed by atoms with Crippen LogP contribution in [0.5, 0.6) is 17.4 Å². The van der Waals surface area contributed by atoms with Gasteiger partial charge < -0.3 is 19.5 Å². The van der Waals surface area contributed by atoms with E-state index < -0.39 is 0 Å². The number of carbonyl (C=O) groups is 1. The summed E-state index contributed by atoms with van der Waals surface area (Å²) in [6, 6.07) is 9.22. The molecule has 2 aromatic heterocycles. The van der Waals surface area contributed by atoms with Crippen LogP contribution in [0.1, 0.15) is 23.0 Å². The highest BCUT2D eigenvalue weighted by Crippen LogP contribution is 2.22. The van der Waals surface area contributed by atoms with E-state index in [1.807, 2.05) is 25.1 Å². The predicted molar refractivity (Wildman–Crippen MR) is 112 cm³/mol. The van der Waals surface area contributed by atoms with Gasteiger partial charge in [0.15, 0.2) is 0 Å². The fraction of sp³-hybridized carbons (Fsp3) is 0.273. The Morgan fingerprint density at radius 1 is 1.03 bits per heavy atom. The number of amides is 1. The van der Waals surface area contributed by atoms with Gasteiger partial charge in [0.05, 0.1) is 38.9 Å². The number of nitrogens with zero attached hydrogens (tertiary/aromatic N) is 3. The fourth-order valence-corrected chi connectivity index (χ4v) is 2.80. The van der Waals surface area contributed by atoms with Crippen molar-refractivity contribution in [1.82, 2.24) is 20.3 Å². The van der Waals surface area contributed by atoms with Gasteiger partial charge in [-0.3, -0.25) is 9.78 Å². The van der Waals surface area contributed by atoms with Crippen LogP contribution in [0.3, 0.4) is 0 Å². The molecule has 0 aliphatic rings. The van der Waals surface area contributed by atoms with Crippen LogP contribution in [0.2, 0.25) is 0 Å². The third kappa shape index (κ3) is 5.44. The van der Waals surface area contributed by atoms with Gasteiger partial charge in [0, 0.05) is 30.4 Å². The number of ether oxygens (including phenoxy) is 3. The molecule has 156 valence electrons. The van der Waals surface area contributed by atoms with Gasteiger partial charge in [0.25, 0.3) is 5.91 Å². The van der Waals surface area contributed by atoms with Crippen LogP contribution in [-0.2, 0) is 6.42 Å². The third-order valence-electron chi connectivity index (χ3n) is 4.30. The molecule has 1 amide bonds. The molecule has 0 radical (unpaired) electrons. The lowest BCUT2D eigenvalue weighted by Crippen LogP contribution is -2.26. The number of hydrogen-bond donors (Lipinski definition) is 1. The predicted octanol–water partition coefficient (Wildman–Crippen LogP) is 2.93. The molecule has 8 heteroatoms. The first-order chi connectivity index (χ1) is 14.6. The monoisotopic (exact) mass is 408 g/mol. The first-order valence-corrected chi connectivity index (χ1v) is 9.54. The van der Waals surface area contributed by atoms with E-state index in [1.54, 1.807) is 38.7 Å². The average Bonchev–Trinajstić information content (AvgIpc) is 2.79. The van der Waals surface area contributed by atoms with E-state index in [9.17, 15) is 4.79 Å². The quantitative estimate of drug-likeness (QED) is 0.582. The maximum absolute atomic E-state index is 12.5. The van der Waals surface area contributed by atoms with Crippen LogP contribution in [0.4, 0.5) is 0 Å². The van der Waals surface area contributed by atoms with Gasteiger partial charge in [0.1, 0.15) is 17.2 Å². The number of aromatic nitrogens is 3. The molecule has 0 saturated heterocycles. The number of rotatable bonds is 9. The number of methoxy groups -OCH3 is 2. The Balaban J connectivity index is 1.63. The van der Waals surface area contributed by atoms with Crippen molar-refractivity contribution in [1.29, 1.82) is 0 Å². The molecule has 3 rings (SSSR count). The number of pyridine rings is 1. The summed E-state index contributed by atoms with van der Waals surface area (Å²) < 4.78 is 15.9. The van der Waals surface area contributed by atoms with Crippen molar-refractivity contribution < 1.29 is 19.0 Å². The highest BCUT2D eigenvalue weighted by Gasteiger charge is 2.11. The van der Waals surface area contributed by atoms with Gasteiger partial charge in [-0.25, -0.2) is 9.97 Å². The topological polar surface area (TPSA) is 95.5 Å². The smallest absolute Gasteiger partial charge is 0.271 e. The zero-order chi connectivity index (χ0) is 21.3. The standard InChI is InChI=1S/C22H24N4O4/c1-4-30-21-6-5-16(12-25-21)19-13-23-14-20(26-19)22(27)24-8-7-15-9-17(28-2)11-18(10-15)29-3/h5-6,9-14H,4,7-8H2,1-3H3,(H,24,27). The number of nitrogens with one attached hydrogen (secondary N) is 1. The molecule has 0 aliphatic heterocycles. The Hall–Kier alpha value is -3.68. The summed E-state index contributed by atoms with van der Waals surface area (Å²) in [5.41, 5.74) is 2.55. The van der Waals surface area contributed by atoms with E-state index in [-0.39, 0.29) is 11.6 Å². The van der Waals surface area contributed by atoms with Crippen LogP contribution in [-0.4, -0.2) is 48.2 Å². The summed E-state index contributed by atoms with van der Waals surface area (Å²) >= 11 is 0. The molecule has 0 atom stereocenters. The van der Waals surface area contributed by atoms with Crippen LogP contribution >= 0.6 is 0 Å². The summed E-state index contributed by atoms with van der Waals surface area (Å²) in [5, 5.41) is 2.87. The van der Waals surface area contributed by atoms with Gasteiger partial charge in [-0.1, -0.05) is 0 Å². The third-order valence-corrected chi connectivity index (χ3v) is 4.30. The number of hydrogen-bond acceptors (Lipinski definition) is 7. The lowest BCUT2D eigenvalue weighted by atomic mass is 10.1. The molecule has 0 bridgehead atoms. The van der Waals surface area contributed by atoms with E-state index in [0.717, 1.165) is 11.1 Å². The largest absolute Gasteiger partial charge is 0.497 e. The second kappa shape index (κ2) is 10.2. The lowest BCUT2D eigenvalue weighted by Gasteiger charge is -2.09. The fourth-order valence-electron chi connectivity index (χ4n) is 2.80. The SMILES string of the molecule is CCOc1ccc(-c2cncc(C(=O)NCCc3cc(OC)cc(OC)c3)n2)cn1. The van der Waals surface area contributed by atoms with E-state index in [2.05, 4.69) is 20.3 Å². The Morgan fingerprint density at radius 3 is 2.43 bits per heavy atom. The second-order valence-corrected chi connectivity index (χ2v) is 6.33. The molecule has 0 fully saturated rings. The van der Waals surface area contributed by atoms with Gasteiger partial charge in [-0.05, 0) is 37.1 Å². The van der Waals surface area contributed by atoms with Gasteiger partial charge >= 0.3 is 0 Å².